The predicted octanol–water partition coefficient (Wildman–Crippen LogP) is 4.18. The first-order valence-electron chi connectivity index (χ1n) is 12.6. The first-order valence-corrected chi connectivity index (χ1v) is 13.0. The molecule has 2 aromatic carbocycles. The Morgan fingerprint density at radius 1 is 1.27 bits per heavy atom. The lowest BCUT2D eigenvalue weighted by Gasteiger charge is -2.26. The number of rotatable bonds is 9. The molecule has 1 aliphatic heterocycles. The summed E-state index contributed by atoms with van der Waals surface area (Å²) in [6.07, 6.45) is 2.75. The van der Waals surface area contributed by atoms with Crippen LogP contribution in [0.4, 0.5) is 16.2 Å². The first-order chi connectivity index (χ1) is 19.7. The highest BCUT2D eigenvalue weighted by Gasteiger charge is 2.35. The number of hydrogen-bond acceptors (Lipinski definition) is 9. The van der Waals surface area contributed by atoms with Gasteiger partial charge in [0.05, 0.1) is 36.7 Å². The molecule has 0 spiro atoms. The van der Waals surface area contributed by atoms with Crippen LogP contribution >= 0.6 is 11.6 Å². The van der Waals surface area contributed by atoms with Gasteiger partial charge in [-0.1, -0.05) is 23.7 Å². The van der Waals surface area contributed by atoms with E-state index in [9.17, 15) is 19.1 Å². The van der Waals surface area contributed by atoms with Gasteiger partial charge < -0.3 is 29.8 Å². The number of nitrogens with zero attached hydrogens (tertiary/aromatic N) is 4. The lowest BCUT2D eigenvalue weighted by atomic mass is 10.0. The summed E-state index contributed by atoms with van der Waals surface area (Å²) in [4.78, 5) is 40.7. The largest absolute Gasteiger partial charge is 0.497 e. The molecule has 0 bridgehead atoms. The Hall–Kier alpha value is -4.55. The second kappa shape index (κ2) is 11.5. The number of aliphatic hydroxyl groups excluding tert-OH is 1. The minimum Gasteiger partial charge on any atom is -0.497 e. The summed E-state index contributed by atoms with van der Waals surface area (Å²) < 4.78 is 24.3. The first kappa shape index (κ1) is 28.0. The van der Waals surface area contributed by atoms with Gasteiger partial charge in [0.25, 0.3) is 5.91 Å². The van der Waals surface area contributed by atoms with Gasteiger partial charge in [0.2, 0.25) is 11.9 Å². The fourth-order valence-corrected chi connectivity index (χ4v) is 4.72. The third kappa shape index (κ3) is 5.70. The number of oxazole rings is 1. The predicted molar refractivity (Wildman–Crippen MR) is 147 cm³/mol. The lowest BCUT2D eigenvalue weighted by Crippen LogP contribution is -2.46. The summed E-state index contributed by atoms with van der Waals surface area (Å²) in [7, 11) is 1.39. The molecule has 3 heterocycles. The monoisotopic (exact) mass is 580 g/mol. The van der Waals surface area contributed by atoms with Crippen LogP contribution in [0, 0.1) is 12.7 Å². The van der Waals surface area contributed by atoms with Crippen molar-refractivity contribution in [3.63, 3.8) is 0 Å². The Kier molecular flexibility index (Phi) is 7.86. The van der Waals surface area contributed by atoms with Gasteiger partial charge in [-0.05, 0) is 43.2 Å². The minimum absolute atomic E-state index is 0.205. The van der Waals surface area contributed by atoms with Crippen molar-refractivity contribution in [3.8, 4) is 17.0 Å². The number of amides is 2. The number of ether oxygens (including phenoxy) is 1. The molecular weight excluding hydrogens is 555 g/mol. The number of nitrogens with one attached hydrogen (secondary N) is 2. The van der Waals surface area contributed by atoms with E-state index in [1.807, 2.05) is 0 Å². The van der Waals surface area contributed by atoms with Gasteiger partial charge in [0, 0.05) is 23.7 Å². The number of halogens is 2. The third-order valence-electron chi connectivity index (χ3n) is 6.81. The molecule has 2 aromatic heterocycles. The van der Waals surface area contributed by atoms with Crippen molar-refractivity contribution in [2.24, 2.45) is 0 Å². The normalized spacial score (nSPS) is 14.0. The molecule has 11 nitrogen and oxygen atoms in total. The number of fused-ring (bicyclic) bond motifs is 1. The van der Waals surface area contributed by atoms with Crippen molar-refractivity contribution < 1.29 is 28.2 Å². The number of anilines is 2. The molecule has 4 aromatic rings. The standard InChI is InChI=1S/C28H26ClFN6O5/c1-14(26(38)33-23(12-37)18-6-19(30)9-20(7-18)40-3)36-11-17-5-4-16(8-21(17)27(36)39)24-22(29)10-31-28(34-24)35-25-15(2)41-13-32-25/h4-10,13-14,23,37H,11-12H2,1-3H3,(H,33,38)(H,31,34,35)/t14-,23-/m1/s1. The molecule has 41 heavy (non-hydrogen) atoms. The smallest absolute Gasteiger partial charge is 0.255 e. The maximum Gasteiger partial charge on any atom is 0.255 e. The summed E-state index contributed by atoms with van der Waals surface area (Å²) in [5, 5.41) is 15.9. The third-order valence-corrected chi connectivity index (χ3v) is 7.09. The van der Waals surface area contributed by atoms with Gasteiger partial charge in [-0.25, -0.2) is 14.4 Å². The minimum atomic E-state index is -0.898. The molecule has 212 valence electrons. The second-order valence-corrected chi connectivity index (χ2v) is 9.83. The van der Waals surface area contributed by atoms with E-state index in [0.29, 0.717) is 34.0 Å². The van der Waals surface area contributed by atoms with E-state index in [1.165, 1.54) is 42.8 Å². The number of carbonyl (C=O) groups is 2. The molecule has 0 aliphatic carbocycles. The number of methoxy groups -OCH3 is 1. The van der Waals surface area contributed by atoms with Crippen molar-refractivity contribution in [2.45, 2.75) is 32.5 Å². The van der Waals surface area contributed by atoms with Crippen LogP contribution in [0.2, 0.25) is 5.02 Å². The SMILES string of the molecule is COc1cc(F)cc([C@@H](CO)NC(=O)[C@@H](C)N2Cc3ccc(-c4nc(Nc5ncoc5C)ncc4Cl)cc3C2=O)c1. The van der Waals surface area contributed by atoms with Gasteiger partial charge >= 0.3 is 0 Å². The molecule has 2 amide bonds. The zero-order valence-electron chi connectivity index (χ0n) is 22.3. The zero-order chi connectivity index (χ0) is 29.3. The number of carbonyl (C=O) groups excluding carboxylic acids is 2. The van der Waals surface area contributed by atoms with E-state index in [0.717, 1.165) is 5.56 Å². The van der Waals surface area contributed by atoms with E-state index in [-0.39, 0.29) is 29.2 Å². The molecule has 5 rings (SSSR count). The van der Waals surface area contributed by atoms with Gasteiger partial charge in [-0.3, -0.25) is 9.59 Å². The Balaban J connectivity index is 1.33. The number of aliphatic hydroxyl groups is 1. The topological polar surface area (TPSA) is 143 Å². The molecule has 2 atom stereocenters. The zero-order valence-corrected chi connectivity index (χ0v) is 23.1. The number of aryl methyl sites for hydroxylation is 1. The number of hydrogen-bond donors (Lipinski definition) is 3. The fraction of sp³-hybridized carbons (Fsp3) is 0.250. The molecule has 13 heteroatoms. The van der Waals surface area contributed by atoms with Crippen LogP contribution < -0.4 is 15.4 Å². The Bertz CT molecular complexity index is 1630. The van der Waals surface area contributed by atoms with Crippen LogP contribution in [0.3, 0.4) is 0 Å². The Labute approximate surface area is 239 Å². The summed E-state index contributed by atoms with van der Waals surface area (Å²) in [5.74, 6) is 0.0977. The second-order valence-electron chi connectivity index (χ2n) is 9.42. The van der Waals surface area contributed by atoms with Crippen molar-refractivity contribution in [3.05, 3.63) is 82.3 Å². The highest BCUT2D eigenvalue weighted by Crippen LogP contribution is 2.33. The summed E-state index contributed by atoms with van der Waals surface area (Å²) in [5.41, 5.74) is 2.46. The maximum atomic E-state index is 14.0. The van der Waals surface area contributed by atoms with E-state index in [2.05, 4.69) is 25.6 Å². The molecular formula is C28H26ClFN6O5. The van der Waals surface area contributed by atoms with Gasteiger partial charge in [0.15, 0.2) is 12.2 Å². The molecule has 0 radical (unpaired) electrons. The average molecular weight is 581 g/mol. The van der Waals surface area contributed by atoms with Gasteiger partial charge in [-0.2, -0.15) is 4.98 Å². The number of benzene rings is 2. The molecule has 0 fully saturated rings. The quantitative estimate of drug-likeness (QED) is 0.266. The molecule has 0 saturated heterocycles. The highest BCUT2D eigenvalue weighted by molar-refractivity contribution is 6.33. The molecule has 3 N–H and O–H groups in total. The van der Waals surface area contributed by atoms with Crippen LogP contribution in [0.1, 0.15) is 40.2 Å². The van der Waals surface area contributed by atoms with Gasteiger partial charge in [0.1, 0.15) is 23.4 Å². The van der Waals surface area contributed by atoms with Crippen LogP contribution in [0.15, 0.2) is 53.4 Å². The van der Waals surface area contributed by atoms with Gasteiger partial charge in [-0.15, -0.1) is 0 Å². The van der Waals surface area contributed by atoms with Crippen molar-refractivity contribution >= 4 is 35.2 Å². The Morgan fingerprint density at radius 3 is 2.78 bits per heavy atom. The van der Waals surface area contributed by atoms with E-state index in [1.54, 1.807) is 32.0 Å². The number of aromatic nitrogens is 3. The molecule has 0 unspecified atom stereocenters. The molecule has 0 saturated carbocycles. The summed E-state index contributed by atoms with van der Waals surface area (Å²) in [6, 6.07) is 7.40. The molecule has 1 aliphatic rings. The van der Waals surface area contributed by atoms with E-state index < -0.39 is 30.4 Å². The van der Waals surface area contributed by atoms with E-state index in [4.69, 9.17) is 20.8 Å². The van der Waals surface area contributed by atoms with Crippen LogP contribution in [-0.4, -0.2) is 56.5 Å². The van der Waals surface area contributed by atoms with Crippen LogP contribution in [0.25, 0.3) is 11.3 Å². The Morgan fingerprint density at radius 2 is 2.07 bits per heavy atom. The summed E-state index contributed by atoms with van der Waals surface area (Å²) in [6.45, 7) is 3.06. The summed E-state index contributed by atoms with van der Waals surface area (Å²) >= 11 is 6.41. The highest BCUT2D eigenvalue weighted by atomic mass is 35.5. The van der Waals surface area contributed by atoms with Crippen molar-refractivity contribution in [2.75, 3.05) is 19.0 Å². The average Bonchev–Trinajstić information content (AvgIpc) is 3.53. The van der Waals surface area contributed by atoms with Crippen molar-refractivity contribution in [1.29, 1.82) is 0 Å². The van der Waals surface area contributed by atoms with Crippen molar-refractivity contribution in [1.82, 2.24) is 25.2 Å². The van der Waals surface area contributed by atoms with Crippen LogP contribution in [-0.2, 0) is 11.3 Å². The lowest BCUT2D eigenvalue weighted by molar-refractivity contribution is -0.126. The van der Waals surface area contributed by atoms with Crippen LogP contribution in [0.5, 0.6) is 5.75 Å². The maximum absolute atomic E-state index is 14.0. The fourth-order valence-electron chi connectivity index (χ4n) is 4.52. The van der Waals surface area contributed by atoms with E-state index >= 15 is 0 Å².